The fourth-order valence-corrected chi connectivity index (χ4v) is 4.98. The van der Waals surface area contributed by atoms with E-state index in [0.717, 1.165) is 12.8 Å². The van der Waals surface area contributed by atoms with E-state index in [0.29, 0.717) is 35.1 Å². The maximum atomic E-state index is 10.3. The van der Waals surface area contributed by atoms with Crippen molar-refractivity contribution in [3.8, 4) is 0 Å². The van der Waals surface area contributed by atoms with Crippen LogP contribution in [0.5, 0.6) is 0 Å². The number of aliphatic hydroxyl groups is 3. The molecule has 2 bridgehead atoms. The van der Waals surface area contributed by atoms with Gasteiger partial charge in [-0.25, -0.2) is 15.0 Å². The Labute approximate surface area is 162 Å². The molecule has 3 fully saturated rings. The number of aromatic nitrogens is 4. The molecule has 10 nitrogen and oxygen atoms in total. The molecule has 10 heteroatoms. The number of hydrogen-bond donors (Lipinski definition) is 4. The van der Waals surface area contributed by atoms with Crippen LogP contribution < -0.4 is 5.32 Å². The molecule has 3 saturated heterocycles. The molecule has 0 spiro atoms. The fourth-order valence-electron chi connectivity index (χ4n) is 4.98. The van der Waals surface area contributed by atoms with Crippen LogP contribution in [0.25, 0.3) is 11.2 Å². The number of imidazole rings is 1. The summed E-state index contributed by atoms with van der Waals surface area (Å²) < 4.78 is 7.20. The van der Waals surface area contributed by atoms with Crippen molar-refractivity contribution >= 4 is 17.0 Å². The van der Waals surface area contributed by atoms with Crippen molar-refractivity contribution < 1.29 is 20.1 Å². The summed E-state index contributed by atoms with van der Waals surface area (Å²) in [6.07, 6.45) is 3.60. The molecular weight excluding hydrogens is 364 g/mol. The summed E-state index contributed by atoms with van der Waals surface area (Å²) in [6, 6.07) is 1.57. The van der Waals surface area contributed by atoms with Gasteiger partial charge in [-0.15, -0.1) is 0 Å². The number of piperidine rings is 1. The van der Waals surface area contributed by atoms with Crippen LogP contribution in [0.15, 0.2) is 12.7 Å². The highest BCUT2D eigenvalue weighted by Gasteiger charge is 2.44. The average molecular weight is 390 g/mol. The van der Waals surface area contributed by atoms with Crippen molar-refractivity contribution in [1.82, 2.24) is 24.4 Å². The van der Waals surface area contributed by atoms with Crippen molar-refractivity contribution in [2.75, 3.05) is 19.0 Å². The maximum absolute atomic E-state index is 10.3. The van der Waals surface area contributed by atoms with Crippen molar-refractivity contribution in [1.29, 1.82) is 0 Å². The fraction of sp³-hybridized carbons (Fsp3) is 0.722. The van der Waals surface area contributed by atoms with Crippen LogP contribution in [0, 0.1) is 0 Å². The first-order chi connectivity index (χ1) is 13.6. The molecule has 5 rings (SSSR count). The van der Waals surface area contributed by atoms with E-state index in [1.165, 1.54) is 25.5 Å². The minimum Gasteiger partial charge on any atom is -0.394 e. The van der Waals surface area contributed by atoms with Crippen LogP contribution in [-0.2, 0) is 4.74 Å². The van der Waals surface area contributed by atoms with Crippen molar-refractivity contribution in [3.63, 3.8) is 0 Å². The molecule has 3 aliphatic rings. The van der Waals surface area contributed by atoms with Crippen LogP contribution >= 0.6 is 0 Å². The van der Waals surface area contributed by atoms with Gasteiger partial charge in [-0.2, -0.15) is 0 Å². The zero-order valence-corrected chi connectivity index (χ0v) is 15.7. The molecule has 0 aliphatic carbocycles. The summed E-state index contributed by atoms with van der Waals surface area (Å²) >= 11 is 0. The molecule has 2 aromatic rings. The lowest BCUT2D eigenvalue weighted by molar-refractivity contribution is -0.0511. The SMILES string of the molecule is CN1C2CCC1CC(Nc1ncnc3c1ncn3[C@@H]1O[C@H](CO)[C@@H](O)[C@H]1O)C2. The highest BCUT2D eigenvalue weighted by molar-refractivity contribution is 5.82. The van der Waals surface area contributed by atoms with Crippen LogP contribution in [0.4, 0.5) is 5.82 Å². The predicted molar refractivity (Wildman–Crippen MR) is 99.6 cm³/mol. The third-order valence-corrected chi connectivity index (χ3v) is 6.59. The molecular formula is C18H26N6O4. The van der Waals surface area contributed by atoms with Gasteiger partial charge in [-0.1, -0.05) is 0 Å². The molecule has 152 valence electrons. The summed E-state index contributed by atoms with van der Waals surface area (Å²) in [5, 5.41) is 33.2. The second kappa shape index (κ2) is 6.89. The lowest BCUT2D eigenvalue weighted by atomic mass is 9.98. The van der Waals surface area contributed by atoms with Crippen LogP contribution in [0.1, 0.15) is 31.9 Å². The number of fused-ring (bicyclic) bond motifs is 3. The molecule has 0 saturated carbocycles. The molecule has 0 amide bonds. The van der Waals surface area contributed by atoms with Gasteiger partial charge in [0.15, 0.2) is 23.2 Å². The second-order valence-electron chi connectivity index (χ2n) is 8.14. The van der Waals surface area contributed by atoms with E-state index in [1.807, 2.05) is 0 Å². The number of anilines is 1. The minimum atomic E-state index is -1.18. The lowest BCUT2D eigenvalue weighted by Crippen LogP contribution is -2.44. The average Bonchev–Trinajstić information content (AvgIpc) is 3.29. The maximum Gasteiger partial charge on any atom is 0.167 e. The topological polar surface area (TPSA) is 129 Å². The Morgan fingerprint density at radius 1 is 1.14 bits per heavy atom. The number of nitrogens with one attached hydrogen (secondary N) is 1. The zero-order chi connectivity index (χ0) is 19.4. The predicted octanol–water partition coefficient (Wildman–Crippen LogP) is -0.525. The van der Waals surface area contributed by atoms with Gasteiger partial charge in [0, 0.05) is 18.1 Å². The number of hydrogen-bond acceptors (Lipinski definition) is 9. The van der Waals surface area contributed by atoms with E-state index >= 15 is 0 Å². The van der Waals surface area contributed by atoms with Gasteiger partial charge in [-0.05, 0) is 32.7 Å². The van der Waals surface area contributed by atoms with Gasteiger partial charge in [0.05, 0.1) is 12.9 Å². The molecule has 5 heterocycles. The lowest BCUT2D eigenvalue weighted by Gasteiger charge is -2.36. The molecule has 0 radical (unpaired) electrons. The van der Waals surface area contributed by atoms with E-state index in [4.69, 9.17) is 4.74 Å². The number of rotatable bonds is 4. The Morgan fingerprint density at radius 2 is 1.89 bits per heavy atom. The Hall–Kier alpha value is -1.85. The summed E-state index contributed by atoms with van der Waals surface area (Å²) in [4.78, 5) is 15.6. The zero-order valence-electron chi connectivity index (χ0n) is 15.7. The summed E-state index contributed by atoms with van der Waals surface area (Å²) in [5.74, 6) is 0.671. The first-order valence-corrected chi connectivity index (χ1v) is 9.85. The third kappa shape index (κ3) is 2.79. The molecule has 6 atom stereocenters. The van der Waals surface area contributed by atoms with Gasteiger partial charge in [0.25, 0.3) is 0 Å². The molecule has 0 aromatic carbocycles. The molecule has 2 unspecified atom stereocenters. The highest BCUT2D eigenvalue weighted by Crippen LogP contribution is 2.36. The normalized spacial score (nSPS) is 38.4. The number of ether oxygens (including phenoxy) is 1. The third-order valence-electron chi connectivity index (χ3n) is 6.59. The number of nitrogens with zero attached hydrogens (tertiary/aromatic N) is 5. The molecule has 4 N–H and O–H groups in total. The Morgan fingerprint density at radius 3 is 2.57 bits per heavy atom. The van der Waals surface area contributed by atoms with Gasteiger partial charge >= 0.3 is 0 Å². The van der Waals surface area contributed by atoms with Gasteiger partial charge < -0.3 is 30.3 Å². The number of aliphatic hydroxyl groups excluding tert-OH is 3. The smallest absolute Gasteiger partial charge is 0.167 e. The monoisotopic (exact) mass is 390 g/mol. The van der Waals surface area contributed by atoms with Crippen LogP contribution in [-0.4, -0.2) is 89.8 Å². The van der Waals surface area contributed by atoms with Crippen molar-refractivity contribution in [2.45, 2.75) is 68.3 Å². The van der Waals surface area contributed by atoms with Gasteiger partial charge in [0.2, 0.25) is 0 Å². The molecule has 2 aromatic heterocycles. The first-order valence-electron chi connectivity index (χ1n) is 9.85. The molecule has 3 aliphatic heterocycles. The van der Waals surface area contributed by atoms with Gasteiger partial charge in [-0.3, -0.25) is 4.57 Å². The van der Waals surface area contributed by atoms with Crippen molar-refractivity contribution in [3.05, 3.63) is 12.7 Å². The molecule has 28 heavy (non-hydrogen) atoms. The van der Waals surface area contributed by atoms with E-state index in [2.05, 4.69) is 32.2 Å². The highest BCUT2D eigenvalue weighted by atomic mass is 16.6. The first kappa shape index (κ1) is 18.2. The van der Waals surface area contributed by atoms with E-state index < -0.39 is 24.5 Å². The summed E-state index contributed by atoms with van der Waals surface area (Å²) in [5.41, 5.74) is 1.12. The van der Waals surface area contributed by atoms with Crippen LogP contribution in [0.2, 0.25) is 0 Å². The minimum absolute atomic E-state index is 0.339. The van der Waals surface area contributed by atoms with E-state index in [1.54, 1.807) is 4.57 Å². The Bertz CT molecular complexity index is 848. The summed E-state index contributed by atoms with van der Waals surface area (Å²) in [7, 11) is 2.21. The standard InChI is InChI=1S/C18H26N6O4/c1-23-10-2-3-11(23)5-9(4-10)22-16-13-17(20-7-19-16)24(8-21-13)18-15(27)14(26)12(6-25)28-18/h7-12,14-15,18,25-27H,2-6H2,1H3,(H,19,20,22)/t9?,10?,11?,12-,14-,15-,18-/m1/s1. The Kier molecular flexibility index (Phi) is 4.48. The Balaban J connectivity index is 1.40. The second-order valence-corrected chi connectivity index (χ2v) is 8.14. The largest absolute Gasteiger partial charge is 0.394 e. The van der Waals surface area contributed by atoms with E-state index in [-0.39, 0.29) is 6.61 Å². The van der Waals surface area contributed by atoms with Crippen LogP contribution in [0.3, 0.4) is 0 Å². The van der Waals surface area contributed by atoms with E-state index in [9.17, 15) is 15.3 Å². The summed E-state index contributed by atoms with van der Waals surface area (Å²) in [6.45, 7) is -0.373. The van der Waals surface area contributed by atoms with Gasteiger partial charge in [0.1, 0.15) is 24.6 Å². The van der Waals surface area contributed by atoms with Crippen molar-refractivity contribution in [2.24, 2.45) is 0 Å². The quantitative estimate of drug-likeness (QED) is 0.545.